The van der Waals surface area contributed by atoms with Crippen LogP contribution in [0.5, 0.6) is 0 Å². The quantitative estimate of drug-likeness (QED) is 0.664. The summed E-state index contributed by atoms with van der Waals surface area (Å²) in [6.45, 7) is 1.68. The predicted molar refractivity (Wildman–Crippen MR) is 69.2 cm³/mol. The van der Waals surface area contributed by atoms with Crippen LogP contribution in [0.3, 0.4) is 0 Å². The van der Waals surface area contributed by atoms with Gasteiger partial charge in [0, 0.05) is 6.07 Å². The molecule has 2 rings (SSSR count). The largest absolute Gasteiger partial charge is 0.389 e. The lowest BCUT2D eigenvalue weighted by molar-refractivity contribution is -0.384. The second-order valence-electron chi connectivity index (χ2n) is 4.07. The van der Waals surface area contributed by atoms with E-state index in [2.05, 4.69) is 0 Å². The molecule has 0 aliphatic rings. The standard InChI is InChI=1S/C14H13NO3/c1-10(16)11-6-8-12(9-7-11)13-4-2-3-5-14(13)15(17)18/h2-10,16H,1H3. The lowest BCUT2D eigenvalue weighted by Crippen LogP contribution is -1.93. The van der Waals surface area contributed by atoms with E-state index in [9.17, 15) is 15.2 Å². The normalized spacial score (nSPS) is 12.1. The van der Waals surface area contributed by atoms with Gasteiger partial charge < -0.3 is 5.11 Å². The number of nitro groups is 1. The minimum Gasteiger partial charge on any atom is -0.389 e. The van der Waals surface area contributed by atoms with Crippen LogP contribution >= 0.6 is 0 Å². The van der Waals surface area contributed by atoms with Gasteiger partial charge in [-0.2, -0.15) is 0 Å². The van der Waals surface area contributed by atoms with Gasteiger partial charge >= 0.3 is 0 Å². The molecule has 0 amide bonds. The number of para-hydroxylation sites is 1. The Morgan fingerprint density at radius 3 is 2.28 bits per heavy atom. The number of aliphatic hydroxyl groups is 1. The van der Waals surface area contributed by atoms with Gasteiger partial charge in [-0.3, -0.25) is 10.1 Å². The van der Waals surface area contributed by atoms with E-state index in [0.717, 1.165) is 11.1 Å². The van der Waals surface area contributed by atoms with Crippen LogP contribution in [0.2, 0.25) is 0 Å². The average Bonchev–Trinajstić information content (AvgIpc) is 2.39. The molecule has 2 aromatic carbocycles. The van der Waals surface area contributed by atoms with Crippen molar-refractivity contribution in [2.45, 2.75) is 13.0 Å². The zero-order valence-corrected chi connectivity index (χ0v) is 9.91. The van der Waals surface area contributed by atoms with Gasteiger partial charge in [0.1, 0.15) is 0 Å². The van der Waals surface area contributed by atoms with Crippen molar-refractivity contribution in [3.05, 3.63) is 64.2 Å². The Labute approximate surface area is 105 Å². The number of nitrogens with zero attached hydrogens (tertiary/aromatic N) is 1. The van der Waals surface area contributed by atoms with Gasteiger partial charge in [-0.05, 0) is 24.1 Å². The average molecular weight is 243 g/mol. The highest BCUT2D eigenvalue weighted by Crippen LogP contribution is 2.30. The van der Waals surface area contributed by atoms with Gasteiger partial charge in [-0.1, -0.05) is 36.4 Å². The van der Waals surface area contributed by atoms with Crippen LogP contribution in [-0.2, 0) is 0 Å². The van der Waals surface area contributed by atoms with Crippen LogP contribution in [0.25, 0.3) is 11.1 Å². The fourth-order valence-electron chi connectivity index (χ4n) is 1.82. The molecule has 1 N–H and O–H groups in total. The van der Waals surface area contributed by atoms with E-state index in [0.29, 0.717) is 5.56 Å². The second-order valence-corrected chi connectivity index (χ2v) is 4.07. The van der Waals surface area contributed by atoms with Crippen LogP contribution in [0, 0.1) is 10.1 Å². The Kier molecular flexibility index (Phi) is 3.39. The summed E-state index contributed by atoms with van der Waals surface area (Å²) < 4.78 is 0. The molecule has 92 valence electrons. The van der Waals surface area contributed by atoms with Crippen molar-refractivity contribution < 1.29 is 10.0 Å². The molecule has 0 fully saturated rings. The van der Waals surface area contributed by atoms with Crippen molar-refractivity contribution in [2.24, 2.45) is 0 Å². The number of rotatable bonds is 3. The molecule has 1 unspecified atom stereocenters. The van der Waals surface area contributed by atoms with Crippen molar-refractivity contribution in [3.63, 3.8) is 0 Å². The van der Waals surface area contributed by atoms with E-state index >= 15 is 0 Å². The highest BCUT2D eigenvalue weighted by molar-refractivity contribution is 5.73. The Morgan fingerprint density at radius 1 is 1.11 bits per heavy atom. The summed E-state index contributed by atoms with van der Waals surface area (Å²) in [4.78, 5) is 10.5. The summed E-state index contributed by atoms with van der Waals surface area (Å²) in [5.41, 5.74) is 2.23. The predicted octanol–water partition coefficient (Wildman–Crippen LogP) is 3.32. The Hall–Kier alpha value is -2.20. The molecular weight excluding hydrogens is 230 g/mol. The molecule has 0 bridgehead atoms. The zero-order chi connectivity index (χ0) is 13.1. The van der Waals surface area contributed by atoms with Crippen LogP contribution in [-0.4, -0.2) is 10.0 Å². The molecule has 0 saturated heterocycles. The van der Waals surface area contributed by atoms with E-state index in [1.165, 1.54) is 6.07 Å². The van der Waals surface area contributed by atoms with E-state index in [1.54, 1.807) is 49.4 Å². The first-order valence-electron chi connectivity index (χ1n) is 5.61. The first kappa shape index (κ1) is 12.3. The second kappa shape index (κ2) is 4.98. The highest BCUT2D eigenvalue weighted by Gasteiger charge is 2.13. The molecule has 0 heterocycles. The number of nitro benzene ring substituents is 1. The fraction of sp³-hybridized carbons (Fsp3) is 0.143. The zero-order valence-electron chi connectivity index (χ0n) is 9.91. The van der Waals surface area contributed by atoms with Gasteiger partial charge in [0.15, 0.2) is 0 Å². The summed E-state index contributed by atoms with van der Waals surface area (Å²) in [5.74, 6) is 0. The maximum absolute atomic E-state index is 10.9. The van der Waals surface area contributed by atoms with E-state index in [4.69, 9.17) is 0 Å². The van der Waals surface area contributed by atoms with E-state index in [-0.39, 0.29) is 5.69 Å². The minimum absolute atomic E-state index is 0.0855. The molecule has 0 aliphatic heterocycles. The van der Waals surface area contributed by atoms with Crippen molar-refractivity contribution in [1.82, 2.24) is 0 Å². The van der Waals surface area contributed by atoms with Gasteiger partial charge in [0.2, 0.25) is 0 Å². The van der Waals surface area contributed by atoms with Crippen molar-refractivity contribution in [3.8, 4) is 11.1 Å². The lowest BCUT2D eigenvalue weighted by atomic mass is 10.0. The molecule has 0 spiro atoms. The first-order chi connectivity index (χ1) is 8.59. The smallest absolute Gasteiger partial charge is 0.277 e. The summed E-state index contributed by atoms with van der Waals surface area (Å²) in [5, 5.41) is 20.4. The summed E-state index contributed by atoms with van der Waals surface area (Å²) in [6, 6.07) is 13.7. The molecule has 0 radical (unpaired) electrons. The minimum atomic E-state index is -0.537. The van der Waals surface area contributed by atoms with E-state index in [1.807, 2.05) is 0 Å². The molecule has 4 nitrogen and oxygen atoms in total. The topological polar surface area (TPSA) is 63.4 Å². The first-order valence-corrected chi connectivity index (χ1v) is 5.61. The maximum atomic E-state index is 10.9. The molecule has 18 heavy (non-hydrogen) atoms. The van der Waals surface area contributed by atoms with Crippen molar-refractivity contribution in [2.75, 3.05) is 0 Å². The van der Waals surface area contributed by atoms with Crippen LogP contribution in [0.4, 0.5) is 5.69 Å². The summed E-state index contributed by atoms with van der Waals surface area (Å²) in [6.07, 6.45) is -0.537. The van der Waals surface area contributed by atoms with Gasteiger partial charge in [0.05, 0.1) is 16.6 Å². The molecular formula is C14H13NO3. The third kappa shape index (κ3) is 2.38. The van der Waals surface area contributed by atoms with Gasteiger partial charge in [0.25, 0.3) is 5.69 Å². The summed E-state index contributed by atoms with van der Waals surface area (Å²) >= 11 is 0. The molecule has 0 aliphatic carbocycles. The Morgan fingerprint density at radius 2 is 1.72 bits per heavy atom. The lowest BCUT2D eigenvalue weighted by Gasteiger charge is -2.07. The fourth-order valence-corrected chi connectivity index (χ4v) is 1.82. The number of hydrogen-bond donors (Lipinski definition) is 1. The van der Waals surface area contributed by atoms with E-state index < -0.39 is 11.0 Å². The number of benzene rings is 2. The Bertz CT molecular complexity index is 562. The van der Waals surface area contributed by atoms with Gasteiger partial charge in [-0.15, -0.1) is 0 Å². The van der Waals surface area contributed by atoms with Crippen LogP contribution in [0.1, 0.15) is 18.6 Å². The molecule has 4 heteroatoms. The monoisotopic (exact) mass is 243 g/mol. The SMILES string of the molecule is CC(O)c1ccc(-c2ccccc2[N+](=O)[O-])cc1. The maximum Gasteiger partial charge on any atom is 0.277 e. The number of aliphatic hydroxyl groups excluding tert-OH is 1. The number of hydrogen-bond acceptors (Lipinski definition) is 3. The van der Waals surface area contributed by atoms with Gasteiger partial charge in [-0.25, -0.2) is 0 Å². The highest BCUT2D eigenvalue weighted by atomic mass is 16.6. The van der Waals surface area contributed by atoms with Crippen LogP contribution < -0.4 is 0 Å². The third-order valence-corrected chi connectivity index (χ3v) is 2.80. The van der Waals surface area contributed by atoms with Crippen LogP contribution in [0.15, 0.2) is 48.5 Å². The molecule has 0 aromatic heterocycles. The molecule has 1 atom stereocenters. The molecule has 0 saturated carbocycles. The third-order valence-electron chi connectivity index (χ3n) is 2.80. The Balaban J connectivity index is 2.46. The van der Waals surface area contributed by atoms with Crippen molar-refractivity contribution in [1.29, 1.82) is 0 Å². The molecule has 2 aromatic rings. The van der Waals surface area contributed by atoms with Crippen molar-refractivity contribution >= 4 is 5.69 Å². The summed E-state index contributed by atoms with van der Waals surface area (Å²) in [7, 11) is 0.